The number of rotatable bonds is 10. The van der Waals surface area contributed by atoms with E-state index in [9.17, 15) is 4.79 Å². The summed E-state index contributed by atoms with van der Waals surface area (Å²) in [6, 6.07) is 6.90. The van der Waals surface area contributed by atoms with Crippen molar-refractivity contribution in [2.45, 2.75) is 25.7 Å². The smallest absolute Gasteiger partial charge is 0.233 e. The summed E-state index contributed by atoms with van der Waals surface area (Å²) >= 11 is 0. The summed E-state index contributed by atoms with van der Waals surface area (Å²) in [5.74, 6) is 2.22. The number of nitrogens with zero attached hydrogens (tertiary/aromatic N) is 6. The molecule has 3 aromatic heterocycles. The number of aryl methyl sites for hydroxylation is 1. The number of fused-ring (bicyclic) bond motifs is 1. The minimum atomic E-state index is -0.0713. The van der Waals surface area contributed by atoms with Gasteiger partial charge < -0.3 is 19.5 Å². The van der Waals surface area contributed by atoms with E-state index in [-0.39, 0.29) is 32.0 Å². The molecule has 4 rings (SSSR count). The van der Waals surface area contributed by atoms with Gasteiger partial charge in [0.1, 0.15) is 23.9 Å². The van der Waals surface area contributed by atoms with Gasteiger partial charge in [-0.05, 0) is 31.4 Å². The van der Waals surface area contributed by atoms with Crippen molar-refractivity contribution < 1.29 is 19.4 Å². The molecule has 0 spiro atoms. The van der Waals surface area contributed by atoms with Gasteiger partial charge in [-0.3, -0.25) is 9.78 Å². The Balaban J connectivity index is 1.54. The van der Waals surface area contributed by atoms with Gasteiger partial charge in [-0.15, -0.1) is 5.10 Å². The third-order valence-corrected chi connectivity index (χ3v) is 5.29. The highest BCUT2D eigenvalue weighted by Gasteiger charge is 2.23. The van der Waals surface area contributed by atoms with Crippen molar-refractivity contribution in [1.29, 1.82) is 0 Å². The standard InChI is InChI=1S/C23H26N6O4/c1-29(14-16(31)12-15-6-7-21(32-2)28-27-15)23-18-4-3-5-19(18)25-22(26-23)20-13-17(8-9-24-20)33-11-10-30/h6-9,13,30H,3-5,10-12,14H2,1-2H3. The Hall–Kier alpha value is -3.66. The van der Waals surface area contributed by atoms with Gasteiger partial charge in [0.15, 0.2) is 11.6 Å². The van der Waals surface area contributed by atoms with Crippen molar-refractivity contribution >= 4 is 11.6 Å². The highest BCUT2D eigenvalue weighted by Crippen LogP contribution is 2.31. The van der Waals surface area contributed by atoms with Gasteiger partial charge in [0.25, 0.3) is 0 Å². The SMILES string of the molecule is COc1ccc(CC(=O)CN(C)c2nc(-c3cc(OCCO)ccn3)nc3c2CCC3)nn1. The molecule has 1 aliphatic carbocycles. The number of likely N-dealkylation sites (N-methyl/N-ethyl adjacent to an activating group) is 1. The zero-order valence-corrected chi connectivity index (χ0v) is 18.7. The average molecular weight is 450 g/mol. The van der Waals surface area contributed by atoms with Crippen LogP contribution in [0, 0.1) is 0 Å². The molecule has 0 aliphatic heterocycles. The first-order valence-electron chi connectivity index (χ1n) is 10.8. The number of anilines is 1. The Labute approximate surface area is 191 Å². The van der Waals surface area contributed by atoms with Gasteiger partial charge in [-0.1, -0.05) is 0 Å². The van der Waals surface area contributed by atoms with Crippen molar-refractivity contribution in [3.05, 3.63) is 47.4 Å². The minimum absolute atomic E-state index is 0.00130. The first-order valence-corrected chi connectivity index (χ1v) is 10.8. The topological polar surface area (TPSA) is 123 Å². The van der Waals surface area contributed by atoms with Gasteiger partial charge in [0.05, 0.1) is 32.4 Å². The molecule has 0 saturated heterocycles. The Morgan fingerprint density at radius 2 is 2.06 bits per heavy atom. The zero-order chi connectivity index (χ0) is 23.2. The van der Waals surface area contributed by atoms with Crippen LogP contribution < -0.4 is 14.4 Å². The number of hydrogen-bond donors (Lipinski definition) is 1. The first-order chi connectivity index (χ1) is 16.1. The molecule has 1 aliphatic rings. The predicted molar refractivity (Wildman–Crippen MR) is 120 cm³/mol. The number of ketones is 1. The fraction of sp³-hybridized carbons (Fsp3) is 0.391. The Bertz CT molecular complexity index is 1120. The molecular weight excluding hydrogens is 424 g/mol. The van der Waals surface area contributed by atoms with Gasteiger partial charge in [-0.25, -0.2) is 9.97 Å². The van der Waals surface area contributed by atoms with Crippen LogP contribution in [-0.2, 0) is 24.1 Å². The summed E-state index contributed by atoms with van der Waals surface area (Å²) in [6.45, 7) is 0.310. The van der Waals surface area contributed by atoms with E-state index >= 15 is 0 Å². The second-order valence-corrected chi connectivity index (χ2v) is 7.74. The summed E-state index contributed by atoms with van der Waals surface area (Å²) in [5, 5.41) is 16.9. The lowest BCUT2D eigenvalue weighted by molar-refractivity contribution is -0.117. The number of carbonyl (C=O) groups excluding carboxylic acids is 1. The quantitative estimate of drug-likeness (QED) is 0.485. The minimum Gasteiger partial charge on any atom is -0.491 e. The largest absolute Gasteiger partial charge is 0.491 e. The molecule has 0 fully saturated rings. The van der Waals surface area contributed by atoms with E-state index < -0.39 is 0 Å². The van der Waals surface area contributed by atoms with E-state index in [1.807, 2.05) is 11.9 Å². The summed E-state index contributed by atoms with van der Waals surface area (Å²) < 4.78 is 10.5. The van der Waals surface area contributed by atoms with Gasteiger partial charge in [0.2, 0.25) is 5.88 Å². The number of aliphatic hydroxyl groups is 1. The summed E-state index contributed by atoms with van der Waals surface area (Å²) in [4.78, 5) is 28.5. The second kappa shape index (κ2) is 10.3. The molecule has 1 N–H and O–H groups in total. The molecule has 172 valence electrons. The number of Topliss-reactive ketones (excluding diaryl/α,β-unsaturated/α-hetero) is 1. The molecule has 0 aromatic carbocycles. The molecule has 0 saturated carbocycles. The van der Waals surface area contributed by atoms with E-state index in [1.165, 1.54) is 7.11 Å². The van der Waals surface area contributed by atoms with Crippen LogP contribution in [0.2, 0.25) is 0 Å². The van der Waals surface area contributed by atoms with E-state index in [0.717, 1.165) is 36.3 Å². The van der Waals surface area contributed by atoms with Crippen LogP contribution in [0.5, 0.6) is 11.6 Å². The van der Waals surface area contributed by atoms with Crippen molar-refractivity contribution in [1.82, 2.24) is 25.1 Å². The number of pyridine rings is 1. The van der Waals surface area contributed by atoms with Crippen LogP contribution in [0.4, 0.5) is 5.82 Å². The fourth-order valence-electron chi connectivity index (χ4n) is 3.78. The molecule has 0 amide bonds. The van der Waals surface area contributed by atoms with E-state index in [1.54, 1.807) is 30.5 Å². The lowest BCUT2D eigenvalue weighted by atomic mass is 10.1. The van der Waals surface area contributed by atoms with E-state index in [4.69, 9.17) is 24.5 Å². The molecule has 3 aromatic rings. The molecule has 0 unspecified atom stereocenters. The number of aliphatic hydroxyl groups excluding tert-OH is 1. The zero-order valence-electron chi connectivity index (χ0n) is 18.7. The molecule has 0 bridgehead atoms. The Morgan fingerprint density at radius 1 is 1.18 bits per heavy atom. The predicted octanol–water partition coefficient (Wildman–Crippen LogP) is 1.44. The number of ether oxygens (including phenoxy) is 2. The maximum Gasteiger partial charge on any atom is 0.233 e. The molecule has 33 heavy (non-hydrogen) atoms. The lowest BCUT2D eigenvalue weighted by Crippen LogP contribution is -2.29. The maximum absolute atomic E-state index is 12.7. The first kappa shape index (κ1) is 22.5. The third kappa shape index (κ3) is 5.40. The molecule has 3 heterocycles. The number of hydrogen-bond acceptors (Lipinski definition) is 10. The van der Waals surface area contributed by atoms with Crippen LogP contribution in [0.25, 0.3) is 11.5 Å². The molecule has 0 atom stereocenters. The second-order valence-electron chi connectivity index (χ2n) is 7.74. The number of methoxy groups -OCH3 is 1. The van der Waals surface area contributed by atoms with Crippen LogP contribution in [0.3, 0.4) is 0 Å². The van der Waals surface area contributed by atoms with Crippen LogP contribution in [0.1, 0.15) is 23.4 Å². The molecular formula is C23H26N6O4. The average Bonchev–Trinajstić information content (AvgIpc) is 3.31. The van der Waals surface area contributed by atoms with Gasteiger partial charge in [-0.2, -0.15) is 5.10 Å². The normalized spacial score (nSPS) is 12.3. The van der Waals surface area contributed by atoms with Crippen LogP contribution >= 0.6 is 0 Å². The summed E-state index contributed by atoms with van der Waals surface area (Å²) in [7, 11) is 3.38. The lowest BCUT2D eigenvalue weighted by Gasteiger charge is -2.21. The van der Waals surface area contributed by atoms with Crippen molar-refractivity contribution in [2.24, 2.45) is 0 Å². The Kier molecular flexibility index (Phi) is 7.04. The monoisotopic (exact) mass is 450 g/mol. The van der Waals surface area contributed by atoms with Crippen molar-refractivity contribution in [3.63, 3.8) is 0 Å². The highest BCUT2D eigenvalue weighted by atomic mass is 16.5. The Morgan fingerprint density at radius 3 is 2.82 bits per heavy atom. The van der Waals surface area contributed by atoms with Crippen molar-refractivity contribution in [2.75, 3.05) is 38.8 Å². The van der Waals surface area contributed by atoms with Crippen LogP contribution in [0.15, 0.2) is 30.5 Å². The fourth-order valence-corrected chi connectivity index (χ4v) is 3.78. The third-order valence-electron chi connectivity index (χ3n) is 5.29. The van der Waals surface area contributed by atoms with E-state index in [0.29, 0.717) is 28.8 Å². The van der Waals surface area contributed by atoms with Crippen molar-refractivity contribution in [3.8, 4) is 23.1 Å². The molecule has 0 radical (unpaired) electrons. The van der Waals surface area contributed by atoms with Crippen LogP contribution in [-0.4, -0.2) is 70.0 Å². The molecule has 10 heteroatoms. The van der Waals surface area contributed by atoms with Gasteiger partial charge in [0, 0.05) is 36.6 Å². The maximum atomic E-state index is 12.7. The summed E-state index contributed by atoms with van der Waals surface area (Å²) in [5.41, 5.74) is 3.23. The number of carbonyl (C=O) groups is 1. The molecule has 10 nitrogen and oxygen atoms in total. The summed E-state index contributed by atoms with van der Waals surface area (Å²) in [6.07, 6.45) is 4.54. The van der Waals surface area contributed by atoms with Gasteiger partial charge >= 0.3 is 0 Å². The highest BCUT2D eigenvalue weighted by molar-refractivity contribution is 5.85. The number of aromatic nitrogens is 5. The van der Waals surface area contributed by atoms with E-state index in [2.05, 4.69) is 15.2 Å².